The summed E-state index contributed by atoms with van der Waals surface area (Å²) in [6, 6.07) is 9.90. The van der Waals surface area contributed by atoms with Gasteiger partial charge in [-0.3, -0.25) is 4.98 Å². The van der Waals surface area contributed by atoms with Gasteiger partial charge in [0.2, 0.25) is 0 Å². The quantitative estimate of drug-likeness (QED) is 0.874. The highest BCUT2D eigenvalue weighted by Crippen LogP contribution is 2.34. The van der Waals surface area contributed by atoms with Gasteiger partial charge in [0.15, 0.2) is 11.5 Å². The highest BCUT2D eigenvalue weighted by atomic mass is 16.6. The largest absolute Gasteiger partial charge is 0.486 e. The zero-order valence-electron chi connectivity index (χ0n) is 9.93. The summed E-state index contributed by atoms with van der Waals surface area (Å²) in [7, 11) is 0. The Bertz CT molecular complexity index is 569. The predicted molar refractivity (Wildman–Crippen MR) is 68.6 cm³/mol. The number of nitrogens with two attached hydrogens (primary N) is 1. The molecule has 0 amide bonds. The normalized spacial score (nSPS) is 13.4. The molecule has 2 heterocycles. The maximum absolute atomic E-state index is 5.60. The molecular formula is C14H14N2O2. The summed E-state index contributed by atoms with van der Waals surface area (Å²) in [5, 5.41) is 0. The first-order valence-corrected chi connectivity index (χ1v) is 5.92. The molecule has 2 N–H and O–H groups in total. The SMILES string of the molecule is NCc1cc(-c2ccc3c(c2)OCCO3)ccn1. The van der Waals surface area contributed by atoms with Gasteiger partial charge in [-0.05, 0) is 35.4 Å². The minimum Gasteiger partial charge on any atom is -0.486 e. The highest BCUT2D eigenvalue weighted by molar-refractivity contribution is 5.67. The van der Waals surface area contributed by atoms with Gasteiger partial charge in [-0.15, -0.1) is 0 Å². The summed E-state index contributed by atoms with van der Waals surface area (Å²) >= 11 is 0. The van der Waals surface area contributed by atoms with Crippen LogP contribution >= 0.6 is 0 Å². The van der Waals surface area contributed by atoms with E-state index in [-0.39, 0.29) is 0 Å². The molecular weight excluding hydrogens is 228 g/mol. The average molecular weight is 242 g/mol. The van der Waals surface area contributed by atoms with E-state index in [1.54, 1.807) is 6.20 Å². The van der Waals surface area contributed by atoms with Crippen LogP contribution < -0.4 is 15.2 Å². The van der Waals surface area contributed by atoms with E-state index in [1.807, 2.05) is 30.3 Å². The van der Waals surface area contributed by atoms with Crippen molar-refractivity contribution in [2.24, 2.45) is 5.73 Å². The molecule has 0 radical (unpaired) electrons. The molecule has 1 aromatic carbocycles. The molecule has 3 rings (SSSR count). The van der Waals surface area contributed by atoms with Gasteiger partial charge in [-0.25, -0.2) is 0 Å². The number of ether oxygens (including phenoxy) is 2. The summed E-state index contributed by atoms with van der Waals surface area (Å²) in [4.78, 5) is 4.19. The van der Waals surface area contributed by atoms with Crippen molar-refractivity contribution in [2.75, 3.05) is 13.2 Å². The average Bonchev–Trinajstić information content (AvgIpc) is 2.47. The maximum atomic E-state index is 5.60. The fourth-order valence-electron chi connectivity index (χ4n) is 1.99. The Morgan fingerprint density at radius 1 is 1.00 bits per heavy atom. The van der Waals surface area contributed by atoms with E-state index in [1.165, 1.54) is 0 Å². The lowest BCUT2D eigenvalue weighted by Crippen LogP contribution is -2.15. The third kappa shape index (κ3) is 2.02. The summed E-state index contributed by atoms with van der Waals surface area (Å²) < 4.78 is 11.1. The van der Waals surface area contributed by atoms with Crippen molar-refractivity contribution in [1.29, 1.82) is 0 Å². The Hall–Kier alpha value is -2.07. The molecule has 1 aliphatic heterocycles. The number of rotatable bonds is 2. The van der Waals surface area contributed by atoms with Crippen molar-refractivity contribution < 1.29 is 9.47 Å². The van der Waals surface area contributed by atoms with Gasteiger partial charge in [0, 0.05) is 12.7 Å². The Balaban J connectivity index is 2.00. The zero-order chi connectivity index (χ0) is 12.4. The van der Waals surface area contributed by atoms with Crippen molar-refractivity contribution in [2.45, 2.75) is 6.54 Å². The second-order valence-corrected chi connectivity index (χ2v) is 4.10. The number of nitrogens with zero attached hydrogens (tertiary/aromatic N) is 1. The van der Waals surface area contributed by atoms with E-state index in [0.29, 0.717) is 19.8 Å². The first-order valence-electron chi connectivity index (χ1n) is 5.92. The monoisotopic (exact) mass is 242 g/mol. The molecule has 0 spiro atoms. The molecule has 1 aliphatic rings. The van der Waals surface area contributed by atoms with E-state index < -0.39 is 0 Å². The fourth-order valence-corrected chi connectivity index (χ4v) is 1.99. The van der Waals surface area contributed by atoms with Crippen LogP contribution in [0, 0.1) is 0 Å². The van der Waals surface area contributed by atoms with Crippen molar-refractivity contribution >= 4 is 0 Å². The second kappa shape index (κ2) is 4.66. The second-order valence-electron chi connectivity index (χ2n) is 4.10. The molecule has 18 heavy (non-hydrogen) atoms. The standard InChI is InChI=1S/C14H14N2O2/c15-9-12-7-11(3-4-16-12)10-1-2-13-14(8-10)18-6-5-17-13/h1-4,7-8H,5-6,9,15H2. The Labute approximate surface area is 105 Å². The molecule has 0 fully saturated rings. The van der Waals surface area contributed by atoms with Crippen LogP contribution in [0.5, 0.6) is 11.5 Å². The van der Waals surface area contributed by atoms with E-state index in [9.17, 15) is 0 Å². The van der Waals surface area contributed by atoms with Crippen molar-refractivity contribution in [1.82, 2.24) is 4.98 Å². The molecule has 1 aromatic heterocycles. The van der Waals surface area contributed by atoms with Crippen LogP contribution in [0.15, 0.2) is 36.5 Å². The number of hydrogen-bond donors (Lipinski definition) is 1. The van der Waals surface area contributed by atoms with Crippen LogP contribution in [0.3, 0.4) is 0 Å². The van der Waals surface area contributed by atoms with Gasteiger partial charge in [0.25, 0.3) is 0 Å². The number of pyridine rings is 1. The molecule has 0 saturated carbocycles. The van der Waals surface area contributed by atoms with Gasteiger partial charge >= 0.3 is 0 Å². The number of fused-ring (bicyclic) bond motifs is 1. The number of hydrogen-bond acceptors (Lipinski definition) is 4. The summed E-state index contributed by atoms with van der Waals surface area (Å²) in [5.41, 5.74) is 8.64. The summed E-state index contributed by atoms with van der Waals surface area (Å²) in [6.45, 7) is 1.65. The van der Waals surface area contributed by atoms with Crippen LogP contribution in [-0.4, -0.2) is 18.2 Å². The third-order valence-corrected chi connectivity index (χ3v) is 2.90. The van der Waals surface area contributed by atoms with Crippen LogP contribution in [0.2, 0.25) is 0 Å². The molecule has 4 heteroatoms. The van der Waals surface area contributed by atoms with Gasteiger partial charge in [0.1, 0.15) is 13.2 Å². The first kappa shape index (κ1) is 11.0. The number of aromatic nitrogens is 1. The van der Waals surface area contributed by atoms with Gasteiger partial charge in [-0.2, -0.15) is 0 Å². The highest BCUT2D eigenvalue weighted by Gasteiger charge is 2.12. The zero-order valence-corrected chi connectivity index (χ0v) is 9.93. The van der Waals surface area contributed by atoms with Crippen LogP contribution in [0.25, 0.3) is 11.1 Å². The molecule has 0 aliphatic carbocycles. The Kier molecular flexibility index (Phi) is 2.86. The molecule has 92 valence electrons. The van der Waals surface area contributed by atoms with Crippen LogP contribution in [0.1, 0.15) is 5.69 Å². The van der Waals surface area contributed by atoms with Gasteiger partial charge in [0.05, 0.1) is 5.69 Å². The molecule has 4 nitrogen and oxygen atoms in total. The lowest BCUT2D eigenvalue weighted by molar-refractivity contribution is 0.171. The fraction of sp³-hybridized carbons (Fsp3) is 0.214. The van der Waals surface area contributed by atoms with Gasteiger partial charge < -0.3 is 15.2 Å². The maximum Gasteiger partial charge on any atom is 0.161 e. The van der Waals surface area contributed by atoms with Crippen molar-refractivity contribution in [3.8, 4) is 22.6 Å². The Morgan fingerprint density at radius 2 is 1.78 bits per heavy atom. The van der Waals surface area contributed by atoms with Crippen molar-refractivity contribution in [3.05, 3.63) is 42.2 Å². The minimum atomic E-state index is 0.443. The smallest absolute Gasteiger partial charge is 0.161 e. The lowest BCUT2D eigenvalue weighted by atomic mass is 10.1. The Morgan fingerprint density at radius 3 is 2.61 bits per heavy atom. The van der Waals surface area contributed by atoms with Crippen LogP contribution in [-0.2, 0) is 6.54 Å². The van der Waals surface area contributed by atoms with E-state index >= 15 is 0 Å². The first-order chi connectivity index (χ1) is 8.86. The van der Waals surface area contributed by atoms with Gasteiger partial charge in [-0.1, -0.05) is 6.07 Å². The summed E-state index contributed by atoms with van der Waals surface area (Å²) in [6.07, 6.45) is 1.77. The summed E-state index contributed by atoms with van der Waals surface area (Å²) in [5.74, 6) is 1.60. The van der Waals surface area contributed by atoms with Crippen LogP contribution in [0.4, 0.5) is 0 Å². The molecule has 2 aromatic rings. The van der Waals surface area contributed by atoms with Crippen molar-refractivity contribution in [3.63, 3.8) is 0 Å². The molecule has 0 unspecified atom stereocenters. The number of benzene rings is 1. The van der Waals surface area contributed by atoms with E-state index in [2.05, 4.69) is 4.98 Å². The molecule has 0 saturated heterocycles. The predicted octanol–water partition coefficient (Wildman–Crippen LogP) is 1.98. The molecule has 0 bridgehead atoms. The topological polar surface area (TPSA) is 57.4 Å². The molecule has 0 atom stereocenters. The third-order valence-electron chi connectivity index (χ3n) is 2.90. The van der Waals surface area contributed by atoms with E-state index in [0.717, 1.165) is 28.3 Å². The van der Waals surface area contributed by atoms with E-state index in [4.69, 9.17) is 15.2 Å². The minimum absolute atomic E-state index is 0.443. The lowest BCUT2D eigenvalue weighted by Gasteiger charge is -2.19.